The summed E-state index contributed by atoms with van der Waals surface area (Å²) in [7, 11) is 3.40. The molecule has 6 heteroatoms. The second-order valence-corrected chi connectivity index (χ2v) is 8.58. The number of thiophene rings is 1. The SMILES string of the molecule is COc1ccc(-c2nc(-c3cccs3)n3c2-c2[nH]c4ccc(OC)cc4c2CC3)cc1. The van der Waals surface area contributed by atoms with Gasteiger partial charge in [0.15, 0.2) is 5.82 Å². The summed E-state index contributed by atoms with van der Waals surface area (Å²) in [6.07, 6.45) is 0.951. The summed E-state index contributed by atoms with van der Waals surface area (Å²) < 4.78 is 13.2. The lowest BCUT2D eigenvalue weighted by atomic mass is 9.99. The molecule has 1 aliphatic heterocycles. The topological polar surface area (TPSA) is 52.1 Å². The molecule has 0 saturated heterocycles. The standard InChI is InChI=1S/C25H21N3O2S/c1-29-16-7-5-15(6-8-16)22-24-23-18(19-14-17(30-2)9-10-20(19)26-23)11-12-28(24)25(27-22)21-4-3-13-31-21/h3-10,13-14,26H,11-12H2,1-2H3. The number of imidazole rings is 1. The number of aromatic amines is 1. The van der Waals surface area contributed by atoms with E-state index >= 15 is 0 Å². The van der Waals surface area contributed by atoms with Crippen LogP contribution in [0.25, 0.3) is 44.2 Å². The Morgan fingerprint density at radius 2 is 1.81 bits per heavy atom. The Labute approximate surface area is 183 Å². The molecule has 0 unspecified atom stereocenters. The number of ether oxygens (including phenoxy) is 2. The van der Waals surface area contributed by atoms with E-state index in [9.17, 15) is 0 Å². The lowest BCUT2D eigenvalue weighted by Gasteiger charge is -2.18. The van der Waals surface area contributed by atoms with E-state index in [1.165, 1.54) is 15.8 Å². The number of fused-ring (bicyclic) bond motifs is 5. The fourth-order valence-corrected chi connectivity index (χ4v) is 5.23. The average molecular weight is 428 g/mol. The van der Waals surface area contributed by atoms with Crippen LogP contribution in [0.5, 0.6) is 11.5 Å². The number of rotatable bonds is 4. The Bertz CT molecular complexity index is 1400. The van der Waals surface area contributed by atoms with Crippen molar-refractivity contribution < 1.29 is 9.47 Å². The quantitative estimate of drug-likeness (QED) is 0.383. The molecule has 0 spiro atoms. The van der Waals surface area contributed by atoms with Gasteiger partial charge in [-0.25, -0.2) is 4.98 Å². The van der Waals surface area contributed by atoms with E-state index < -0.39 is 0 Å². The number of aryl methyl sites for hydroxylation is 1. The molecule has 5 nitrogen and oxygen atoms in total. The Morgan fingerprint density at radius 1 is 1.00 bits per heavy atom. The zero-order valence-corrected chi connectivity index (χ0v) is 18.1. The smallest absolute Gasteiger partial charge is 0.151 e. The minimum absolute atomic E-state index is 0.841. The van der Waals surface area contributed by atoms with Gasteiger partial charge in [-0.1, -0.05) is 6.07 Å². The van der Waals surface area contributed by atoms with Crippen LogP contribution < -0.4 is 9.47 Å². The Hall–Kier alpha value is -3.51. The number of hydrogen-bond donors (Lipinski definition) is 1. The molecule has 1 aliphatic rings. The summed E-state index contributed by atoms with van der Waals surface area (Å²) in [5.41, 5.74) is 6.81. The first kappa shape index (κ1) is 18.3. The molecule has 31 heavy (non-hydrogen) atoms. The lowest BCUT2D eigenvalue weighted by Crippen LogP contribution is -2.11. The van der Waals surface area contributed by atoms with Gasteiger partial charge in [0, 0.05) is 23.0 Å². The third kappa shape index (κ3) is 2.79. The minimum atomic E-state index is 0.841. The average Bonchev–Trinajstić information content (AvgIpc) is 3.55. The van der Waals surface area contributed by atoms with Gasteiger partial charge in [0.2, 0.25) is 0 Å². The van der Waals surface area contributed by atoms with Crippen molar-refractivity contribution in [2.75, 3.05) is 14.2 Å². The molecule has 0 fully saturated rings. The van der Waals surface area contributed by atoms with Crippen molar-refractivity contribution in [3.63, 3.8) is 0 Å². The highest BCUT2D eigenvalue weighted by Gasteiger charge is 2.29. The van der Waals surface area contributed by atoms with Crippen molar-refractivity contribution in [2.45, 2.75) is 13.0 Å². The van der Waals surface area contributed by atoms with Crippen molar-refractivity contribution >= 4 is 22.2 Å². The molecule has 4 heterocycles. The third-order valence-electron chi connectivity index (χ3n) is 6.01. The summed E-state index contributed by atoms with van der Waals surface area (Å²) >= 11 is 1.72. The van der Waals surface area contributed by atoms with Crippen LogP contribution in [0.1, 0.15) is 5.56 Å². The molecule has 3 aromatic heterocycles. The van der Waals surface area contributed by atoms with Gasteiger partial charge in [0.05, 0.1) is 36.2 Å². The highest BCUT2D eigenvalue weighted by Crippen LogP contribution is 2.43. The number of hydrogen-bond acceptors (Lipinski definition) is 4. The fraction of sp³-hybridized carbons (Fsp3) is 0.160. The molecule has 5 aromatic rings. The van der Waals surface area contributed by atoms with Gasteiger partial charge in [0.1, 0.15) is 11.5 Å². The van der Waals surface area contributed by atoms with Gasteiger partial charge in [-0.15, -0.1) is 11.3 Å². The normalized spacial score (nSPS) is 12.6. The summed E-state index contributed by atoms with van der Waals surface area (Å²) in [6, 6.07) is 18.6. The maximum absolute atomic E-state index is 5.48. The summed E-state index contributed by atoms with van der Waals surface area (Å²) in [5.74, 6) is 2.74. The van der Waals surface area contributed by atoms with Gasteiger partial charge in [-0.3, -0.25) is 0 Å². The van der Waals surface area contributed by atoms with Crippen LogP contribution >= 0.6 is 11.3 Å². The number of benzene rings is 2. The summed E-state index contributed by atoms with van der Waals surface area (Å²) in [6.45, 7) is 0.892. The van der Waals surface area contributed by atoms with E-state index in [1.54, 1.807) is 25.6 Å². The number of methoxy groups -OCH3 is 2. The van der Waals surface area contributed by atoms with Gasteiger partial charge >= 0.3 is 0 Å². The molecule has 0 aliphatic carbocycles. The fourth-order valence-electron chi connectivity index (χ4n) is 4.51. The molecule has 0 radical (unpaired) electrons. The monoisotopic (exact) mass is 427 g/mol. The molecule has 2 aromatic carbocycles. The minimum Gasteiger partial charge on any atom is -0.497 e. The van der Waals surface area contributed by atoms with Crippen LogP contribution in [0, 0.1) is 0 Å². The van der Waals surface area contributed by atoms with E-state index in [0.29, 0.717) is 0 Å². The highest BCUT2D eigenvalue weighted by atomic mass is 32.1. The van der Waals surface area contributed by atoms with Gasteiger partial charge in [-0.2, -0.15) is 0 Å². The van der Waals surface area contributed by atoms with E-state index in [-0.39, 0.29) is 0 Å². The van der Waals surface area contributed by atoms with Crippen molar-refractivity contribution in [3.8, 4) is 44.8 Å². The predicted molar refractivity (Wildman–Crippen MR) is 125 cm³/mol. The van der Waals surface area contributed by atoms with Gasteiger partial charge in [-0.05, 0) is 65.9 Å². The number of H-pyrrole nitrogens is 1. The molecule has 0 amide bonds. The zero-order valence-electron chi connectivity index (χ0n) is 17.3. The van der Waals surface area contributed by atoms with Gasteiger partial charge in [0.25, 0.3) is 0 Å². The first-order chi connectivity index (χ1) is 15.3. The molecular formula is C25H21N3O2S. The highest BCUT2D eigenvalue weighted by molar-refractivity contribution is 7.13. The first-order valence-electron chi connectivity index (χ1n) is 10.2. The maximum atomic E-state index is 5.48. The lowest BCUT2D eigenvalue weighted by molar-refractivity contribution is 0.415. The zero-order chi connectivity index (χ0) is 20.9. The molecular weight excluding hydrogens is 406 g/mol. The first-order valence-corrected chi connectivity index (χ1v) is 11.1. The van der Waals surface area contributed by atoms with Crippen molar-refractivity contribution in [3.05, 3.63) is 65.5 Å². The van der Waals surface area contributed by atoms with Gasteiger partial charge < -0.3 is 19.0 Å². The van der Waals surface area contributed by atoms with Crippen molar-refractivity contribution in [1.82, 2.24) is 14.5 Å². The summed E-state index contributed by atoms with van der Waals surface area (Å²) in [5, 5.41) is 3.33. The second kappa shape index (κ2) is 7.03. The van der Waals surface area contributed by atoms with Crippen LogP contribution in [0.2, 0.25) is 0 Å². The Kier molecular flexibility index (Phi) is 4.14. The molecule has 0 atom stereocenters. The van der Waals surface area contributed by atoms with Crippen LogP contribution in [-0.2, 0) is 13.0 Å². The van der Waals surface area contributed by atoms with E-state index in [0.717, 1.165) is 58.5 Å². The predicted octanol–water partition coefficient (Wildman–Crippen LogP) is 6.00. The number of aromatic nitrogens is 3. The molecule has 1 N–H and O–H groups in total. The number of nitrogens with one attached hydrogen (secondary N) is 1. The Balaban J connectivity index is 1.62. The van der Waals surface area contributed by atoms with Crippen molar-refractivity contribution in [2.24, 2.45) is 0 Å². The molecule has 154 valence electrons. The van der Waals surface area contributed by atoms with Crippen LogP contribution in [-0.4, -0.2) is 28.8 Å². The van der Waals surface area contributed by atoms with Crippen LogP contribution in [0.15, 0.2) is 60.0 Å². The Morgan fingerprint density at radius 3 is 2.55 bits per heavy atom. The maximum Gasteiger partial charge on any atom is 0.151 e. The molecule has 6 rings (SSSR count). The van der Waals surface area contributed by atoms with Crippen LogP contribution in [0.3, 0.4) is 0 Å². The van der Waals surface area contributed by atoms with Crippen molar-refractivity contribution in [1.29, 1.82) is 0 Å². The van der Waals surface area contributed by atoms with E-state index in [4.69, 9.17) is 14.5 Å². The molecule has 0 saturated carbocycles. The second-order valence-electron chi connectivity index (χ2n) is 7.63. The summed E-state index contributed by atoms with van der Waals surface area (Å²) in [4.78, 5) is 10.0. The largest absolute Gasteiger partial charge is 0.497 e. The third-order valence-corrected chi connectivity index (χ3v) is 6.87. The van der Waals surface area contributed by atoms with E-state index in [1.807, 2.05) is 18.2 Å². The molecule has 0 bridgehead atoms. The van der Waals surface area contributed by atoms with Crippen LogP contribution in [0.4, 0.5) is 0 Å². The number of nitrogens with zero attached hydrogens (tertiary/aromatic N) is 2. The van der Waals surface area contributed by atoms with E-state index in [2.05, 4.69) is 51.3 Å².